The zero-order chi connectivity index (χ0) is 13.0. The maximum Gasteiger partial charge on any atom is 0.218 e. The third-order valence-electron chi connectivity index (χ3n) is 2.52. The molecule has 18 heavy (non-hydrogen) atoms. The fourth-order valence-electron chi connectivity index (χ4n) is 1.73. The molecule has 2 N–H and O–H groups in total. The molecule has 0 spiro atoms. The smallest absolute Gasteiger partial charge is 0.218 e. The number of H-pyrrole nitrogens is 1. The molecular formula is C12H17N5O. The summed E-state index contributed by atoms with van der Waals surface area (Å²) >= 11 is 0. The van der Waals surface area contributed by atoms with E-state index in [4.69, 9.17) is 4.74 Å². The Morgan fingerprint density at radius 2 is 2.22 bits per heavy atom. The average Bonchev–Trinajstić information content (AvgIpc) is 2.74. The Morgan fingerprint density at radius 1 is 1.39 bits per heavy atom. The molecule has 0 saturated heterocycles. The predicted octanol–water partition coefficient (Wildman–Crippen LogP) is 1.56. The predicted molar refractivity (Wildman–Crippen MR) is 68.7 cm³/mol. The zero-order valence-corrected chi connectivity index (χ0v) is 10.8. The van der Waals surface area contributed by atoms with Crippen molar-refractivity contribution in [2.75, 3.05) is 12.4 Å². The summed E-state index contributed by atoms with van der Waals surface area (Å²) in [7, 11) is 1.59. The zero-order valence-electron chi connectivity index (χ0n) is 10.8. The van der Waals surface area contributed by atoms with Crippen LogP contribution in [0.1, 0.15) is 18.3 Å². The molecule has 0 fully saturated rings. The molecule has 0 aliphatic heterocycles. The average molecular weight is 247 g/mol. The number of nitrogens with one attached hydrogen (secondary N) is 2. The number of anilines is 1. The van der Waals surface area contributed by atoms with Gasteiger partial charge in [-0.1, -0.05) is 0 Å². The Bertz CT molecular complexity index is 511. The number of methoxy groups -OCH3 is 1. The van der Waals surface area contributed by atoms with Crippen molar-refractivity contribution in [3.63, 3.8) is 0 Å². The highest BCUT2D eigenvalue weighted by atomic mass is 16.5. The highest BCUT2D eigenvalue weighted by Gasteiger charge is 2.07. The number of nitrogens with zero attached hydrogens (tertiary/aromatic N) is 3. The van der Waals surface area contributed by atoms with E-state index in [9.17, 15) is 0 Å². The van der Waals surface area contributed by atoms with E-state index in [0.29, 0.717) is 5.88 Å². The lowest BCUT2D eigenvalue weighted by atomic mass is 10.2. The highest BCUT2D eigenvalue weighted by molar-refractivity contribution is 5.38. The quantitative estimate of drug-likeness (QED) is 0.838. The van der Waals surface area contributed by atoms with E-state index in [0.717, 1.165) is 23.6 Å². The second-order valence-corrected chi connectivity index (χ2v) is 4.24. The number of aromatic nitrogens is 4. The Morgan fingerprint density at radius 3 is 2.89 bits per heavy atom. The summed E-state index contributed by atoms with van der Waals surface area (Å²) in [5.74, 6) is 1.30. The van der Waals surface area contributed by atoms with Gasteiger partial charge in [0.15, 0.2) is 0 Å². The highest BCUT2D eigenvalue weighted by Crippen LogP contribution is 2.12. The molecule has 0 aliphatic rings. The lowest BCUT2D eigenvalue weighted by molar-refractivity contribution is 0.397. The number of aryl methyl sites for hydroxylation is 1. The minimum Gasteiger partial charge on any atom is -0.481 e. The van der Waals surface area contributed by atoms with Crippen LogP contribution in [0.4, 0.5) is 5.82 Å². The van der Waals surface area contributed by atoms with Crippen molar-refractivity contribution in [3.05, 3.63) is 29.8 Å². The van der Waals surface area contributed by atoms with E-state index >= 15 is 0 Å². The van der Waals surface area contributed by atoms with E-state index in [-0.39, 0.29) is 6.04 Å². The lowest BCUT2D eigenvalue weighted by Crippen LogP contribution is -2.19. The summed E-state index contributed by atoms with van der Waals surface area (Å²) in [5.41, 5.74) is 2.11. The summed E-state index contributed by atoms with van der Waals surface area (Å²) in [5, 5.41) is 10.4. The molecule has 0 aromatic carbocycles. The van der Waals surface area contributed by atoms with Crippen molar-refractivity contribution >= 4 is 5.82 Å². The van der Waals surface area contributed by atoms with Crippen LogP contribution in [-0.4, -0.2) is 33.3 Å². The van der Waals surface area contributed by atoms with Crippen molar-refractivity contribution in [2.45, 2.75) is 26.3 Å². The summed E-state index contributed by atoms with van der Waals surface area (Å²) in [4.78, 5) is 8.11. The van der Waals surface area contributed by atoms with Gasteiger partial charge in [-0.15, -0.1) is 0 Å². The Labute approximate surface area is 106 Å². The van der Waals surface area contributed by atoms with E-state index in [1.165, 1.54) is 6.33 Å². The largest absolute Gasteiger partial charge is 0.481 e. The molecular weight excluding hydrogens is 230 g/mol. The van der Waals surface area contributed by atoms with E-state index in [2.05, 4.69) is 32.4 Å². The first kappa shape index (κ1) is 12.3. The summed E-state index contributed by atoms with van der Waals surface area (Å²) in [6, 6.07) is 4.04. The standard InChI is InChI=1S/C12H17N5O/c1-8(4-10-5-9(2)16-17-10)15-11-6-12(18-3)14-7-13-11/h5-8H,4H2,1-3H3,(H,16,17)(H,13,14,15). The maximum atomic E-state index is 5.05. The van der Waals surface area contributed by atoms with E-state index < -0.39 is 0 Å². The monoisotopic (exact) mass is 247 g/mol. The topological polar surface area (TPSA) is 75.7 Å². The van der Waals surface area contributed by atoms with Crippen LogP contribution in [0.3, 0.4) is 0 Å². The first-order valence-electron chi connectivity index (χ1n) is 5.81. The minimum absolute atomic E-state index is 0.229. The molecule has 1 atom stereocenters. The molecule has 6 nitrogen and oxygen atoms in total. The summed E-state index contributed by atoms with van der Waals surface area (Å²) in [6.45, 7) is 4.07. The third kappa shape index (κ3) is 3.19. The van der Waals surface area contributed by atoms with Gasteiger partial charge in [0, 0.05) is 24.2 Å². The third-order valence-corrected chi connectivity index (χ3v) is 2.52. The Hall–Kier alpha value is -2.11. The molecule has 0 saturated carbocycles. The number of hydrogen-bond acceptors (Lipinski definition) is 5. The SMILES string of the molecule is COc1cc(NC(C)Cc2cc(C)[nH]n2)ncn1. The molecule has 0 bridgehead atoms. The molecule has 2 heterocycles. The number of ether oxygens (including phenoxy) is 1. The van der Waals surface area contributed by atoms with Gasteiger partial charge in [-0.05, 0) is 19.9 Å². The first-order chi connectivity index (χ1) is 8.67. The van der Waals surface area contributed by atoms with Gasteiger partial charge in [-0.3, -0.25) is 5.10 Å². The first-order valence-corrected chi connectivity index (χ1v) is 5.81. The number of aromatic amines is 1. The van der Waals surface area contributed by atoms with Gasteiger partial charge in [-0.25, -0.2) is 9.97 Å². The molecule has 2 aromatic rings. The molecule has 0 amide bonds. The second-order valence-electron chi connectivity index (χ2n) is 4.24. The van der Waals surface area contributed by atoms with Gasteiger partial charge >= 0.3 is 0 Å². The number of hydrogen-bond donors (Lipinski definition) is 2. The molecule has 0 aliphatic carbocycles. The normalized spacial score (nSPS) is 12.2. The van der Waals surface area contributed by atoms with Crippen LogP contribution in [0.15, 0.2) is 18.5 Å². The molecule has 1 unspecified atom stereocenters. The molecule has 2 aromatic heterocycles. The van der Waals surface area contributed by atoms with Crippen LogP contribution in [0.2, 0.25) is 0 Å². The van der Waals surface area contributed by atoms with Crippen LogP contribution in [0, 0.1) is 6.92 Å². The van der Waals surface area contributed by atoms with E-state index in [1.54, 1.807) is 13.2 Å². The molecule has 2 rings (SSSR count). The van der Waals surface area contributed by atoms with Crippen molar-refractivity contribution < 1.29 is 4.74 Å². The van der Waals surface area contributed by atoms with Crippen molar-refractivity contribution in [1.82, 2.24) is 20.2 Å². The minimum atomic E-state index is 0.229. The van der Waals surface area contributed by atoms with Crippen molar-refractivity contribution in [2.24, 2.45) is 0 Å². The fourth-order valence-corrected chi connectivity index (χ4v) is 1.73. The second kappa shape index (κ2) is 5.48. The molecule has 6 heteroatoms. The fraction of sp³-hybridized carbons (Fsp3) is 0.417. The van der Waals surface area contributed by atoms with Gasteiger partial charge in [-0.2, -0.15) is 5.10 Å². The Kier molecular flexibility index (Phi) is 3.76. The lowest BCUT2D eigenvalue weighted by Gasteiger charge is -2.13. The van der Waals surface area contributed by atoms with E-state index in [1.807, 2.05) is 13.0 Å². The van der Waals surface area contributed by atoms with Crippen molar-refractivity contribution in [1.29, 1.82) is 0 Å². The summed E-state index contributed by atoms with van der Waals surface area (Å²) < 4.78 is 5.05. The van der Waals surface area contributed by atoms with Crippen LogP contribution in [0.25, 0.3) is 0 Å². The Balaban J connectivity index is 1.96. The van der Waals surface area contributed by atoms with Gasteiger partial charge in [0.05, 0.1) is 12.8 Å². The van der Waals surface area contributed by atoms with Crippen molar-refractivity contribution in [3.8, 4) is 5.88 Å². The van der Waals surface area contributed by atoms with Crippen LogP contribution in [-0.2, 0) is 6.42 Å². The van der Waals surface area contributed by atoms with Crippen LogP contribution >= 0.6 is 0 Å². The number of rotatable bonds is 5. The van der Waals surface area contributed by atoms with Gasteiger partial charge in [0.25, 0.3) is 0 Å². The van der Waals surface area contributed by atoms with Gasteiger partial charge in [0.1, 0.15) is 12.1 Å². The molecule has 0 radical (unpaired) electrons. The van der Waals surface area contributed by atoms with Crippen LogP contribution < -0.4 is 10.1 Å². The van der Waals surface area contributed by atoms with Crippen LogP contribution in [0.5, 0.6) is 5.88 Å². The summed E-state index contributed by atoms with van der Waals surface area (Å²) in [6.07, 6.45) is 2.31. The van der Waals surface area contributed by atoms with Gasteiger partial charge in [0.2, 0.25) is 5.88 Å². The maximum absolute atomic E-state index is 5.05. The molecule has 96 valence electrons. The van der Waals surface area contributed by atoms with Gasteiger partial charge < -0.3 is 10.1 Å².